The molecule has 17 heavy (non-hydrogen) atoms. The van der Waals surface area contributed by atoms with E-state index in [-0.39, 0.29) is 24.1 Å². The molecule has 0 N–H and O–H groups in total. The molecule has 1 rings (SSSR count). The van der Waals surface area contributed by atoms with Gasteiger partial charge in [0.05, 0.1) is 18.8 Å². The van der Waals surface area contributed by atoms with Crippen molar-refractivity contribution in [3.05, 3.63) is 0 Å². The summed E-state index contributed by atoms with van der Waals surface area (Å²) in [6, 6.07) is 0. The SMILES string of the molecule is CC1OC[C@@H](OC(C)(C)C)[C@H](CO[SiH](C)C)O1. The van der Waals surface area contributed by atoms with Crippen LogP contribution in [0.2, 0.25) is 13.1 Å². The van der Waals surface area contributed by atoms with Gasteiger partial charge in [0.2, 0.25) is 0 Å². The Morgan fingerprint density at radius 2 is 1.94 bits per heavy atom. The van der Waals surface area contributed by atoms with E-state index in [9.17, 15) is 0 Å². The fraction of sp³-hybridized carbons (Fsp3) is 1.00. The third kappa shape index (κ3) is 5.97. The van der Waals surface area contributed by atoms with Crippen LogP contribution in [0.4, 0.5) is 0 Å². The van der Waals surface area contributed by atoms with Gasteiger partial charge in [-0.3, -0.25) is 0 Å². The molecule has 5 heteroatoms. The van der Waals surface area contributed by atoms with Gasteiger partial charge in [0.15, 0.2) is 15.3 Å². The lowest BCUT2D eigenvalue weighted by atomic mass is 10.1. The molecule has 0 aromatic rings. The van der Waals surface area contributed by atoms with Crippen LogP contribution >= 0.6 is 0 Å². The smallest absolute Gasteiger partial charge is 0.171 e. The molecule has 0 saturated carbocycles. The Balaban J connectivity index is 2.52. The van der Waals surface area contributed by atoms with Crippen molar-refractivity contribution in [1.29, 1.82) is 0 Å². The molecule has 0 aromatic carbocycles. The molecule has 102 valence electrons. The van der Waals surface area contributed by atoms with Crippen LogP contribution < -0.4 is 0 Å². The summed E-state index contributed by atoms with van der Waals surface area (Å²) in [5.41, 5.74) is -0.189. The van der Waals surface area contributed by atoms with Gasteiger partial charge in [-0.15, -0.1) is 0 Å². The summed E-state index contributed by atoms with van der Waals surface area (Å²) < 4.78 is 22.9. The van der Waals surface area contributed by atoms with Crippen LogP contribution in [0.5, 0.6) is 0 Å². The zero-order valence-electron chi connectivity index (χ0n) is 11.9. The van der Waals surface area contributed by atoms with Crippen molar-refractivity contribution >= 4 is 9.04 Å². The van der Waals surface area contributed by atoms with Gasteiger partial charge in [0, 0.05) is 0 Å². The van der Waals surface area contributed by atoms with Crippen molar-refractivity contribution in [2.24, 2.45) is 0 Å². The van der Waals surface area contributed by atoms with Crippen LogP contribution in [0.15, 0.2) is 0 Å². The van der Waals surface area contributed by atoms with E-state index < -0.39 is 9.04 Å². The Kier molecular flexibility index (Phi) is 5.59. The Morgan fingerprint density at radius 1 is 1.29 bits per heavy atom. The predicted octanol–water partition coefficient (Wildman–Crippen LogP) is 1.93. The maximum atomic E-state index is 5.96. The summed E-state index contributed by atoms with van der Waals surface area (Å²) in [5, 5.41) is 0. The minimum absolute atomic E-state index is 0.0205. The number of ether oxygens (including phenoxy) is 3. The molecular weight excluding hydrogens is 236 g/mol. The van der Waals surface area contributed by atoms with E-state index in [4.69, 9.17) is 18.6 Å². The summed E-state index contributed by atoms with van der Waals surface area (Å²) in [7, 11) is -1.02. The summed E-state index contributed by atoms with van der Waals surface area (Å²) in [4.78, 5) is 0. The summed E-state index contributed by atoms with van der Waals surface area (Å²) in [6.45, 7) is 13.5. The first kappa shape index (κ1) is 15.1. The fourth-order valence-corrected chi connectivity index (χ4v) is 2.28. The highest BCUT2D eigenvalue weighted by Gasteiger charge is 2.33. The minimum Gasteiger partial charge on any atom is -0.418 e. The van der Waals surface area contributed by atoms with Crippen LogP contribution in [0.25, 0.3) is 0 Å². The van der Waals surface area contributed by atoms with Crippen LogP contribution in [0, 0.1) is 0 Å². The average molecular weight is 262 g/mol. The third-order valence-electron chi connectivity index (χ3n) is 2.38. The molecule has 1 aliphatic rings. The first-order chi connectivity index (χ1) is 7.78. The quantitative estimate of drug-likeness (QED) is 0.726. The molecule has 1 fully saturated rings. The highest BCUT2D eigenvalue weighted by atomic mass is 28.3. The lowest BCUT2D eigenvalue weighted by Crippen LogP contribution is -2.49. The highest BCUT2D eigenvalue weighted by molar-refractivity contribution is 6.48. The molecule has 0 amide bonds. The van der Waals surface area contributed by atoms with Crippen molar-refractivity contribution in [3.63, 3.8) is 0 Å². The standard InChI is InChI=1S/C12H26O4Si/c1-9-13-7-11(16-12(2,3)4)10(15-9)8-14-17(5)6/h9-11,17H,7-8H2,1-6H3/t9?,10-,11+/m0/s1. The van der Waals surface area contributed by atoms with Gasteiger partial charge in [-0.25, -0.2) is 0 Å². The molecule has 3 atom stereocenters. The largest absolute Gasteiger partial charge is 0.418 e. The highest BCUT2D eigenvalue weighted by Crippen LogP contribution is 2.21. The van der Waals surface area contributed by atoms with Gasteiger partial charge in [0.1, 0.15) is 12.2 Å². The molecule has 1 saturated heterocycles. The molecule has 1 heterocycles. The van der Waals surface area contributed by atoms with Crippen molar-refractivity contribution < 1.29 is 18.6 Å². The Labute approximate surface area is 106 Å². The first-order valence-electron chi connectivity index (χ1n) is 6.34. The fourth-order valence-electron chi connectivity index (χ4n) is 1.71. The third-order valence-corrected chi connectivity index (χ3v) is 3.23. The second kappa shape index (κ2) is 6.29. The first-order valence-corrected chi connectivity index (χ1v) is 9.12. The van der Waals surface area contributed by atoms with Gasteiger partial charge in [-0.05, 0) is 40.8 Å². The normalized spacial score (nSPS) is 30.9. The van der Waals surface area contributed by atoms with Gasteiger partial charge < -0.3 is 18.6 Å². The van der Waals surface area contributed by atoms with Crippen LogP contribution in [0.1, 0.15) is 27.7 Å². The predicted molar refractivity (Wildman–Crippen MR) is 69.7 cm³/mol. The zero-order valence-corrected chi connectivity index (χ0v) is 13.0. The molecule has 0 aliphatic carbocycles. The lowest BCUT2D eigenvalue weighted by molar-refractivity contribution is -0.273. The van der Waals surface area contributed by atoms with E-state index in [0.29, 0.717) is 13.2 Å². The molecule has 1 aliphatic heterocycles. The van der Waals surface area contributed by atoms with Crippen molar-refractivity contribution in [3.8, 4) is 0 Å². The van der Waals surface area contributed by atoms with Gasteiger partial charge in [0.25, 0.3) is 0 Å². The molecule has 0 spiro atoms. The van der Waals surface area contributed by atoms with Crippen LogP contribution in [-0.4, -0.2) is 46.4 Å². The number of hydrogen-bond acceptors (Lipinski definition) is 4. The number of hydrogen-bond donors (Lipinski definition) is 0. The monoisotopic (exact) mass is 262 g/mol. The molecule has 0 bridgehead atoms. The van der Waals surface area contributed by atoms with E-state index >= 15 is 0 Å². The molecular formula is C12H26O4Si. The van der Waals surface area contributed by atoms with Gasteiger partial charge >= 0.3 is 0 Å². The second-order valence-corrected chi connectivity index (χ2v) is 8.16. The van der Waals surface area contributed by atoms with Gasteiger partial charge in [-0.1, -0.05) is 0 Å². The minimum atomic E-state index is -1.02. The van der Waals surface area contributed by atoms with Crippen molar-refractivity contribution in [1.82, 2.24) is 0 Å². The molecule has 0 radical (unpaired) electrons. The molecule has 0 aromatic heterocycles. The van der Waals surface area contributed by atoms with E-state index in [1.807, 2.05) is 27.7 Å². The van der Waals surface area contributed by atoms with Crippen LogP contribution in [0.3, 0.4) is 0 Å². The second-order valence-electron chi connectivity index (χ2n) is 5.73. The maximum Gasteiger partial charge on any atom is 0.171 e. The Bertz CT molecular complexity index is 227. The van der Waals surface area contributed by atoms with Gasteiger partial charge in [-0.2, -0.15) is 0 Å². The van der Waals surface area contributed by atoms with Crippen molar-refractivity contribution in [2.75, 3.05) is 13.2 Å². The summed E-state index contributed by atoms with van der Waals surface area (Å²) in [6.07, 6.45) is -0.232. The summed E-state index contributed by atoms with van der Waals surface area (Å²) in [5.74, 6) is 0. The molecule has 1 unspecified atom stereocenters. The summed E-state index contributed by atoms with van der Waals surface area (Å²) >= 11 is 0. The van der Waals surface area contributed by atoms with E-state index in [0.717, 1.165) is 0 Å². The van der Waals surface area contributed by atoms with Crippen LogP contribution in [-0.2, 0) is 18.6 Å². The van der Waals surface area contributed by atoms with Crippen molar-refractivity contribution in [2.45, 2.75) is 64.9 Å². The van der Waals surface area contributed by atoms with E-state index in [2.05, 4.69) is 13.1 Å². The molecule has 4 nitrogen and oxygen atoms in total. The number of rotatable bonds is 4. The Morgan fingerprint density at radius 3 is 2.47 bits per heavy atom. The van der Waals surface area contributed by atoms with E-state index in [1.54, 1.807) is 0 Å². The Hall–Kier alpha value is 0.0569. The zero-order chi connectivity index (χ0) is 13.1. The van der Waals surface area contributed by atoms with E-state index in [1.165, 1.54) is 0 Å². The maximum absolute atomic E-state index is 5.96. The topological polar surface area (TPSA) is 36.9 Å². The lowest BCUT2D eigenvalue weighted by Gasteiger charge is -2.38. The average Bonchev–Trinajstić information content (AvgIpc) is 2.16.